The van der Waals surface area contributed by atoms with Gasteiger partial charge in [-0.1, -0.05) is 36.4 Å². The molecule has 0 fully saturated rings. The molecule has 0 atom stereocenters. The van der Waals surface area contributed by atoms with E-state index in [1.807, 2.05) is 91.0 Å². The Balaban J connectivity index is 1.47. The molecule has 0 aliphatic carbocycles. The van der Waals surface area contributed by atoms with E-state index in [1.54, 1.807) is 24.2 Å². The molecule has 0 aliphatic rings. The number of amides is 1. The Hall–Kier alpha value is -3.92. The minimum Gasteiger partial charge on any atom is -0.457 e. The first kappa shape index (κ1) is 18.4. The van der Waals surface area contributed by atoms with Crippen LogP contribution in [0.5, 0.6) is 11.5 Å². The van der Waals surface area contributed by atoms with Crippen LogP contribution in [-0.4, -0.2) is 17.9 Å². The second-order valence-corrected chi connectivity index (χ2v) is 6.57. The van der Waals surface area contributed by atoms with Gasteiger partial charge in [-0.3, -0.25) is 9.78 Å². The molecule has 1 aromatic heterocycles. The van der Waals surface area contributed by atoms with Gasteiger partial charge in [0.05, 0.1) is 11.3 Å². The number of carbonyl (C=O) groups excluding carboxylic acids is 1. The van der Waals surface area contributed by atoms with Crippen molar-refractivity contribution < 1.29 is 9.53 Å². The van der Waals surface area contributed by atoms with Crippen LogP contribution in [0.4, 0.5) is 5.69 Å². The van der Waals surface area contributed by atoms with Gasteiger partial charge in [-0.15, -0.1) is 0 Å². The van der Waals surface area contributed by atoms with E-state index in [2.05, 4.69) is 4.98 Å². The molecule has 4 rings (SSSR count). The molecule has 0 radical (unpaired) electrons. The molecule has 0 saturated heterocycles. The maximum atomic E-state index is 12.7. The Morgan fingerprint density at radius 3 is 2.00 bits per heavy atom. The topological polar surface area (TPSA) is 42.4 Å². The summed E-state index contributed by atoms with van der Waals surface area (Å²) in [7, 11) is 1.76. The fraction of sp³-hybridized carbons (Fsp3) is 0.0400. The predicted molar refractivity (Wildman–Crippen MR) is 115 cm³/mol. The summed E-state index contributed by atoms with van der Waals surface area (Å²) >= 11 is 0. The van der Waals surface area contributed by atoms with E-state index in [0.29, 0.717) is 5.56 Å². The summed E-state index contributed by atoms with van der Waals surface area (Å²) in [6.07, 6.45) is 1.62. The van der Waals surface area contributed by atoms with Gasteiger partial charge < -0.3 is 9.64 Å². The Kier molecular flexibility index (Phi) is 5.34. The summed E-state index contributed by atoms with van der Waals surface area (Å²) in [6.45, 7) is 0. The number of aromatic nitrogens is 1. The standard InChI is InChI=1S/C25H20N2O2/c1-27(21-8-4-2-5-9-21)25(28)20-14-17-24(26-18-20)19-12-15-23(16-13-19)29-22-10-6-3-7-11-22/h2-18H,1H3. The number of pyridine rings is 1. The zero-order valence-electron chi connectivity index (χ0n) is 16.0. The Morgan fingerprint density at radius 2 is 1.38 bits per heavy atom. The van der Waals surface area contributed by atoms with E-state index in [0.717, 1.165) is 28.4 Å². The first-order valence-corrected chi connectivity index (χ1v) is 9.33. The number of rotatable bonds is 5. The van der Waals surface area contributed by atoms with Crippen molar-refractivity contribution in [1.29, 1.82) is 0 Å². The summed E-state index contributed by atoms with van der Waals surface area (Å²) in [5.41, 5.74) is 3.15. The molecule has 0 N–H and O–H groups in total. The van der Waals surface area contributed by atoms with Gasteiger partial charge in [0.1, 0.15) is 11.5 Å². The van der Waals surface area contributed by atoms with Crippen LogP contribution >= 0.6 is 0 Å². The van der Waals surface area contributed by atoms with Crippen LogP contribution < -0.4 is 9.64 Å². The Labute approximate surface area is 170 Å². The van der Waals surface area contributed by atoms with E-state index in [4.69, 9.17) is 4.74 Å². The molecule has 1 heterocycles. The maximum absolute atomic E-state index is 12.7. The largest absolute Gasteiger partial charge is 0.457 e. The number of anilines is 1. The average Bonchev–Trinajstić information content (AvgIpc) is 2.80. The second-order valence-electron chi connectivity index (χ2n) is 6.57. The van der Waals surface area contributed by atoms with Crippen molar-refractivity contribution in [3.8, 4) is 22.8 Å². The lowest BCUT2D eigenvalue weighted by Crippen LogP contribution is -2.26. The van der Waals surface area contributed by atoms with Gasteiger partial charge in [-0.05, 0) is 60.7 Å². The van der Waals surface area contributed by atoms with Crippen LogP contribution in [0.1, 0.15) is 10.4 Å². The minimum absolute atomic E-state index is 0.0955. The zero-order valence-corrected chi connectivity index (χ0v) is 16.0. The van der Waals surface area contributed by atoms with Crippen LogP contribution in [0.25, 0.3) is 11.3 Å². The van der Waals surface area contributed by atoms with Crippen molar-refractivity contribution in [3.05, 3.63) is 109 Å². The zero-order chi connectivity index (χ0) is 20.1. The molecule has 3 aromatic carbocycles. The molecule has 0 aliphatic heterocycles. The van der Waals surface area contributed by atoms with Gasteiger partial charge >= 0.3 is 0 Å². The van der Waals surface area contributed by atoms with Crippen molar-refractivity contribution >= 4 is 11.6 Å². The monoisotopic (exact) mass is 380 g/mol. The van der Waals surface area contributed by atoms with Gasteiger partial charge in [0.15, 0.2) is 0 Å². The highest BCUT2D eigenvalue weighted by Gasteiger charge is 2.14. The summed E-state index contributed by atoms with van der Waals surface area (Å²) in [5, 5.41) is 0. The first-order valence-electron chi connectivity index (χ1n) is 9.33. The molecular formula is C25H20N2O2. The molecule has 1 amide bonds. The van der Waals surface area contributed by atoms with E-state index in [9.17, 15) is 4.79 Å². The average molecular weight is 380 g/mol. The molecule has 0 spiro atoms. The quantitative estimate of drug-likeness (QED) is 0.438. The highest BCUT2D eigenvalue weighted by atomic mass is 16.5. The van der Waals surface area contributed by atoms with Crippen molar-refractivity contribution in [2.45, 2.75) is 0 Å². The van der Waals surface area contributed by atoms with Crippen LogP contribution in [0.15, 0.2) is 103 Å². The van der Waals surface area contributed by atoms with Crippen molar-refractivity contribution in [3.63, 3.8) is 0 Å². The molecule has 142 valence electrons. The molecule has 4 aromatic rings. The lowest BCUT2D eigenvalue weighted by atomic mass is 10.1. The van der Waals surface area contributed by atoms with Gasteiger partial charge in [-0.2, -0.15) is 0 Å². The number of hydrogen-bond acceptors (Lipinski definition) is 3. The van der Waals surface area contributed by atoms with Gasteiger partial charge in [0, 0.05) is 24.5 Å². The highest BCUT2D eigenvalue weighted by Crippen LogP contribution is 2.25. The second kappa shape index (κ2) is 8.40. The summed E-state index contributed by atoms with van der Waals surface area (Å²) < 4.78 is 5.82. The van der Waals surface area contributed by atoms with Crippen LogP contribution in [-0.2, 0) is 0 Å². The fourth-order valence-electron chi connectivity index (χ4n) is 2.97. The molecule has 4 heteroatoms. The molecule has 29 heavy (non-hydrogen) atoms. The number of ether oxygens (including phenoxy) is 1. The lowest BCUT2D eigenvalue weighted by molar-refractivity contribution is 0.0992. The van der Waals surface area contributed by atoms with E-state index >= 15 is 0 Å². The van der Waals surface area contributed by atoms with Crippen LogP contribution in [0.2, 0.25) is 0 Å². The van der Waals surface area contributed by atoms with E-state index < -0.39 is 0 Å². The minimum atomic E-state index is -0.0955. The summed E-state index contributed by atoms with van der Waals surface area (Å²) in [6, 6.07) is 30.6. The number of nitrogens with zero attached hydrogens (tertiary/aromatic N) is 2. The van der Waals surface area contributed by atoms with Crippen molar-refractivity contribution in [1.82, 2.24) is 4.98 Å². The number of benzene rings is 3. The van der Waals surface area contributed by atoms with Crippen LogP contribution in [0.3, 0.4) is 0 Å². The van der Waals surface area contributed by atoms with Crippen LogP contribution in [0, 0.1) is 0 Å². The SMILES string of the molecule is CN(C(=O)c1ccc(-c2ccc(Oc3ccccc3)cc2)nc1)c1ccccc1. The highest BCUT2D eigenvalue weighted by molar-refractivity contribution is 6.05. The molecule has 0 bridgehead atoms. The van der Waals surface area contributed by atoms with E-state index in [-0.39, 0.29) is 5.91 Å². The number of hydrogen-bond donors (Lipinski definition) is 0. The third kappa shape index (κ3) is 4.33. The number of carbonyl (C=O) groups is 1. The van der Waals surface area contributed by atoms with E-state index in [1.165, 1.54) is 0 Å². The smallest absolute Gasteiger partial charge is 0.259 e. The summed E-state index contributed by atoms with van der Waals surface area (Å²) in [5.74, 6) is 1.46. The van der Waals surface area contributed by atoms with Crippen molar-refractivity contribution in [2.75, 3.05) is 11.9 Å². The molecular weight excluding hydrogens is 360 g/mol. The number of para-hydroxylation sites is 2. The predicted octanol–water partition coefficient (Wildman–Crippen LogP) is 5.82. The van der Waals surface area contributed by atoms with Gasteiger partial charge in [0.25, 0.3) is 5.91 Å². The lowest BCUT2D eigenvalue weighted by Gasteiger charge is -2.17. The third-order valence-electron chi connectivity index (χ3n) is 4.59. The summed E-state index contributed by atoms with van der Waals surface area (Å²) in [4.78, 5) is 18.8. The molecule has 0 unspecified atom stereocenters. The third-order valence-corrected chi connectivity index (χ3v) is 4.59. The maximum Gasteiger partial charge on any atom is 0.259 e. The normalized spacial score (nSPS) is 10.4. The Bertz CT molecular complexity index is 1080. The fourth-order valence-corrected chi connectivity index (χ4v) is 2.97. The van der Waals surface area contributed by atoms with Gasteiger partial charge in [-0.25, -0.2) is 0 Å². The van der Waals surface area contributed by atoms with Gasteiger partial charge in [0.2, 0.25) is 0 Å². The van der Waals surface area contributed by atoms with Crippen molar-refractivity contribution in [2.24, 2.45) is 0 Å². The first-order chi connectivity index (χ1) is 14.2. The molecule has 4 nitrogen and oxygen atoms in total. The molecule has 0 saturated carbocycles. The Morgan fingerprint density at radius 1 is 0.759 bits per heavy atom.